The lowest BCUT2D eigenvalue weighted by atomic mass is 10.3. The Morgan fingerprint density at radius 3 is 2.58 bits per heavy atom. The van der Waals surface area contributed by atoms with Gasteiger partial charge in [0, 0.05) is 11.7 Å². The Morgan fingerprint density at radius 1 is 1.19 bits per heavy atom. The summed E-state index contributed by atoms with van der Waals surface area (Å²) in [7, 11) is 0. The first kappa shape index (κ1) is 18.3. The van der Waals surface area contributed by atoms with Crippen LogP contribution in [-0.2, 0) is 4.79 Å². The quantitative estimate of drug-likeness (QED) is 0.614. The molecule has 1 N–H and O–H groups in total. The van der Waals surface area contributed by atoms with E-state index < -0.39 is 0 Å². The largest absolute Gasteiger partial charge is 0.461 e. The van der Waals surface area contributed by atoms with Crippen molar-refractivity contribution >= 4 is 23.4 Å². The number of hydrogen-bond acceptors (Lipinski definition) is 5. The van der Waals surface area contributed by atoms with Crippen molar-refractivity contribution in [2.75, 3.05) is 5.32 Å². The number of nitrogens with one attached hydrogen (secondary N) is 1. The van der Waals surface area contributed by atoms with Gasteiger partial charge in [-0.2, -0.15) is 0 Å². The van der Waals surface area contributed by atoms with Crippen LogP contribution in [0, 0.1) is 0 Å². The Bertz CT molecular complexity index is 844. The molecular weight excluding hydrogens is 348 g/mol. The normalized spacial score (nSPS) is 12.3. The Labute approximate surface area is 157 Å². The molecule has 0 aliphatic heterocycles. The van der Waals surface area contributed by atoms with Gasteiger partial charge >= 0.3 is 0 Å². The highest BCUT2D eigenvalue weighted by Crippen LogP contribution is 2.31. The van der Waals surface area contributed by atoms with Gasteiger partial charge in [-0.3, -0.25) is 9.36 Å². The lowest BCUT2D eigenvalue weighted by Crippen LogP contribution is -2.25. The molecule has 7 heteroatoms. The molecule has 3 rings (SSSR count). The summed E-state index contributed by atoms with van der Waals surface area (Å²) < 4.78 is 7.47. The SMILES string of the molecule is CC[C@H](Sc1nnc(-c2ccco2)n1C(C)C)C(=O)Nc1ccccc1. The monoisotopic (exact) mass is 370 g/mol. The fraction of sp³-hybridized carbons (Fsp3) is 0.316. The van der Waals surface area contributed by atoms with Gasteiger partial charge in [0.2, 0.25) is 11.7 Å². The Kier molecular flexibility index (Phi) is 5.78. The first-order valence-electron chi connectivity index (χ1n) is 8.61. The molecule has 1 atom stereocenters. The number of aromatic nitrogens is 3. The van der Waals surface area contributed by atoms with E-state index in [0.717, 1.165) is 5.69 Å². The average Bonchev–Trinajstić information content (AvgIpc) is 3.29. The summed E-state index contributed by atoms with van der Waals surface area (Å²) >= 11 is 1.42. The van der Waals surface area contributed by atoms with E-state index in [1.807, 2.05) is 54.0 Å². The van der Waals surface area contributed by atoms with E-state index in [-0.39, 0.29) is 17.2 Å². The van der Waals surface area contributed by atoms with Crippen molar-refractivity contribution in [3.8, 4) is 11.6 Å². The maximum absolute atomic E-state index is 12.7. The van der Waals surface area contributed by atoms with E-state index in [1.54, 1.807) is 6.26 Å². The van der Waals surface area contributed by atoms with Gasteiger partial charge in [0.25, 0.3) is 0 Å². The van der Waals surface area contributed by atoms with Crippen LogP contribution in [0.4, 0.5) is 5.69 Å². The van der Waals surface area contributed by atoms with Crippen LogP contribution in [0.5, 0.6) is 0 Å². The van der Waals surface area contributed by atoms with Crippen molar-refractivity contribution in [3.63, 3.8) is 0 Å². The number of thioether (sulfide) groups is 1. The second-order valence-corrected chi connectivity index (χ2v) is 7.29. The molecule has 0 bridgehead atoms. The van der Waals surface area contributed by atoms with Gasteiger partial charge in [-0.15, -0.1) is 10.2 Å². The zero-order valence-electron chi connectivity index (χ0n) is 15.0. The molecule has 0 aliphatic rings. The van der Waals surface area contributed by atoms with Crippen molar-refractivity contribution in [2.45, 2.75) is 43.6 Å². The second kappa shape index (κ2) is 8.23. The highest BCUT2D eigenvalue weighted by molar-refractivity contribution is 8.00. The molecule has 2 heterocycles. The number of hydrogen-bond donors (Lipinski definition) is 1. The molecule has 26 heavy (non-hydrogen) atoms. The van der Waals surface area contributed by atoms with Crippen LogP contribution in [0.1, 0.15) is 33.2 Å². The highest BCUT2D eigenvalue weighted by Gasteiger charge is 2.24. The van der Waals surface area contributed by atoms with E-state index in [1.165, 1.54) is 11.8 Å². The van der Waals surface area contributed by atoms with Gasteiger partial charge in [0.15, 0.2) is 10.9 Å². The predicted octanol–water partition coefficient (Wildman–Crippen LogP) is 4.63. The molecule has 0 unspecified atom stereocenters. The maximum atomic E-state index is 12.7. The van der Waals surface area contributed by atoms with Gasteiger partial charge in [-0.05, 0) is 44.5 Å². The van der Waals surface area contributed by atoms with Crippen LogP contribution in [0.3, 0.4) is 0 Å². The maximum Gasteiger partial charge on any atom is 0.237 e. The number of rotatable bonds is 7. The van der Waals surface area contributed by atoms with E-state index in [4.69, 9.17) is 4.42 Å². The molecular formula is C19H22N4O2S. The minimum Gasteiger partial charge on any atom is -0.461 e. The topological polar surface area (TPSA) is 73.0 Å². The number of carbonyl (C=O) groups excluding carboxylic acids is 1. The Balaban J connectivity index is 1.81. The second-order valence-electron chi connectivity index (χ2n) is 6.12. The van der Waals surface area contributed by atoms with E-state index >= 15 is 0 Å². The minimum absolute atomic E-state index is 0.0402. The van der Waals surface area contributed by atoms with Gasteiger partial charge in [0.05, 0.1) is 11.5 Å². The molecule has 1 aromatic carbocycles. The minimum atomic E-state index is -0.263. The van der Waals surface area contributed by atoms with Gasteiger partial charge in [-0.25, -0.2) is 0 Å². The fourth-order valence-corrected chi connectivity index (χ4v) is 3.68. The van der Waals surface area contributed by atoms with Crippen LogP contribution in [-0.4, -0.2) is 25.9 Å². The molecule has 0 aliphatic carbocycles. The fourth-order valence-electron chi connectivity index (χ4n) is 2.59. The van der Waals surface area contributed by atoms with Crippen molar-refractivity contribution in [2.24, 2.45) is 0 Å². The van der Waals surface area contributed by atoms with Crippen LogP contribution < -0.4 is 5.32 Å². The highest BCUT2D eigenvalue weighted by atomic mass is 32.2. The number of amides is 1. The summed E-state index contributed by atoms with van der Waals surface area (Å²) in [6.45, 7) is 6.11. The molecule has 3 aromatic rings. The third-order valence-corrected chi connectivity index (χ3v) is 5.20. The van der Waals surface area contributed by atoms with E-state index in [2.05, 4.69) is 29.4 Å². The van der Waals surface area contributed by atoms with Crippen LogP contribution in [0.2, 0.25) is 0 Å². The number of carbonyl (C=O) groups is 1. The number of anilines is 1. The summed E-state index contributed by atoms with van der Waals surface area (Å²) in [6, 6.07) is 13.3. The molecule has 0 saturated heterocycles. The number of nitrogens with zero attached hydrogens (tertiary/aromatic N) is 3. The number of furan rings is 1. The van der Waals surface area contributed by atoms with Gasteiger partial charge in [0.1, 0.15) is 0 Å². The standard InChI is InChI=1S/C19H22N4O2S/c1-4-16(18(24)20-14-9-6-5-7-10-14)26-19-22-21-17(23(19)13(2)3)15-11-8-12-25-15/h5-13,16H,4H2,1-3H3,(H,20,24)/t16-/m0/s1. The molecule has 136 valence electrons. The predicted molar refractivity (Wildman–Crippen MR) is 103 cm³/mol. The van der Waals surface area contributed by atoms with Crippen LogP contribution >= 0.6 is 11.8 Å². The first-order chi connectivity index (χ1) is 12.6. The zero-order chi connectivity index (χ0) is 18.5. The molecule has 0 radical (unpaired) electrons. The molecule has 6 nitrogen and oxygen atoms in total. The number of para-hydroxylation sites is 1. The van der Waals surface area contributed by atoms with Crippen LogP contribution in [0.25, 0.3) is 11.6 Å². The van der Waals surface area contributed by atoms with Crippen molar-refractivity contribution in [1.29, 1.82) is 0 Å². The van der Waals surface area contributed by atoms with E-state index in [0.29, 0.717) is 23.2 Å². The van der Waals surface area contributed by atoms with Crippen LogP contribution in [0.15, 0.2) is 58.3 Å². The van der Waals surface area contributed by atoms with Crippen molar-refractivity contribution in [1.82, 2.24) is 14.8 Å². The molecule has 0 spiro atoms. The Hall–Kier alpha value is -2.54. The summed E-state index contributed by atoms with van der Waals surface area (Å²) in [5.41, 5.74) is 0.790. The smallest absolute Gasteiger partial charge is 0.237 e. The summed E-state index contributed by atoms with van der Waals surface area (Å²) in [5.74, 6) is 1.30. The zero-order valence-corrected chi connectivity index (χ0v) is 15.9. The molecule has 0 fully saturated rings. The summed E-state index contributed by atoms with van der Waals surface area (Å²) in [5, 5.41) is 12.0. The first-order valence-corrected chi connectivity index (χ1v) is 9.49. The average molecular weight is 370 g/mol. The van der Waals surface area contributed by atoms with Crippen molar-refractivity contribution in [3.05, 3.63) is 48.7 Å². The lowest BCUT2D eigenvalue weighted by Gasteiger charge is -2.17. The Morgan fingerprint density at radius 2 is 1.96 bits per heavy atom. The van der Waals surface area contributed by atoms with E-state index in [9.17, 15) is 4.79 Å². The van der Waals surface area contributed by atoms with Gasteiger partial charge < -0.3 is 9.73 Å². The summed E-state index contributed by atoms with van der Waals surface area (Å²) in [6.07, 6.45) is 2.30. The van der Waals surface area contributed by atoms with Gasteiger partial charge in [-0.1, -0.05) is 36.9 Å². The third-order valence-electron chi connectivity index (χ3n) is 3.87. The number of benzene rings is 1. The summed E-state index contributed by atoms with van der Waals surface area (Å²) in [4.78, 5) is 12.7. The van der Waals surface area contributed by atoms with Crippen molar-refractivity contribution < 1.29 is 9.21 Å². The molecule has 1 amide bonds. The lowest BCUT2D eigenvalue weighted by molar-refractivity contribution is -0.115. The molecule has 2 aromatic heterocycles. The molecule has 0 saturated carbocycles. The third kappa shape index (κ3) is 3.99.